The largest absolute Gasteiger partial charge is 0.309 e. The van der Waals surface area contributed by atoms with E-state index in [2.05, 4.69) is 206 Å². The second kappa shape index (κ2) is 14.0. The summed E-state index contributed by atoms with van der Waals surface area (Å²) in [6, 6.07) is 70.7. The zero-order valence-electron chi connectivity index (χ0n) is 33.1. The Labute approximate surface area is 352 Å². The SMILES string of the molecule is CCC1C(c2cccc3ccccc23)=NC(c2cc(-n3c4ccccc4c4cc5ccccc5cc43)c3c(c2)sc2ccccc23)=NC1c1ccc(-c2ccccc2)cc1. The second-order valence-electron chi connectivity index (χ2n) is 16.0. The number of nitrogens with zero attached hydrogens (tertiary/aromatic N) is 3. The van der Waals surface area contributed by atoms with Crippen LogP contribution in [0.5, 0.6) is 0 Å². The number of hydrogen-bond donors (Lipinski definition) is 0. The summed E-state index contributed by atoms with van der Waals surface area (Å²) in [7, 11) is 0. The fourth-order valence-electron chi connectivity index (χ4n) is 9.72. The minimum atomic E-state index is -0.123. The van der Waals surface area contributed by atoms with Crippen molar-refractivity contribution in [3.8, 4) is 16.8 Å². The third-order valence-corrected chi connectivity index (χ3v) is 13.7. The van der Waals surface area contributed by atoms with E-state index in [0.717, 1.165) is 29.2 Å². The molecule has 60 heavy (non-hydrogen) atoms. The van der Waals surface area contributed by atoms with E-state index in [4.69, 9.17) is 9.98 Å². The van der Waals surface area contributed by atoms with Gasteiger partial charge in [-0.1, -0.05) is 165 Å². The Morgan fingerprint density at radius 3 is 1.98 bits per heavy atom. The van der Waals surface area contributed by atoms with Gasteiger partial charge in [0.2, 0.25) is 0 Å². The lowest BCUT2D eigenvalue weighted by atomic mass is 9.81. The van der Waals surface area contributed by atoms with E-state index in [9.17, 15) is 0 Å². The Balaban J connectivity index is 1.13. The second-order valence-corrected chi connectivity index (χ2v) is 17.0. The van der Waals surface area contributed by atoms with Gasteiger partial charge < -0.3 is 4.57 Å². The molecule has 0 saturated heterocycles. The van der Waals surface area contributed by atoms with Gasteiger partial charge in [0.15, 0.2) is 5.84 Å². The maximum atomic E-state index is 5.71. The highest BCUT2D eigenvalue weighted by Crippen LogP contribution is 2.44. The van der Waals surface area contributed by atoms with Crippen LogP contribution in [0.4, 0.5) is 0 Å². The van der Waals surface area contributed by atoms with Crippen molar-refractivity contribution in [2.75, 3.05) is 0 Å². The van der Waals surface area contributed by atoms with Crippen LogP contribution in [-0.2, 0) is 0 Å². The summed E-state index contributed by atoms with van der Waals surface area (Å²) in [5, 5.41) is 9.91. The van der Waals surface area contributed by atoms with Crippen molar-refractivity contribution < 1.29 is 0 Å². The minimum Gasteiger partial charge on any atom is -0.309 e. The third-order valence-electron chi connectivity index (χ3n) is 12.6. The highest BCUT2D eigenvalue weighted by atomic mass is 32.1. The standard InChI is InChI=1S/C56H39N3S/c1-2-42-54(38-29-27-36(28-30-38)35-15-4-3-5-16-35)57-56(58-55(42)45-24-14-20-37-17-8-9-21-43(37)45)41-33-50(53-46-23-11-13-26-51(46)60-52(53)34-41)59-48-25-12-10-22-44(48)47-31-39-18-6-7-19-40(39)32-49(47)59/h3-34,42,54H,2H2,1H3. The molecule has 0 N–H and O–H groups in total. The maximum absolute atomic E-state index is 5.71. The van der Waals surface area contributed by atoms with E-state index >= 15 is 0 Å². The van der Waals surface area contributed by atoms with Crippen molar-refractivity contribution in [3.05, 3.63) is 211 Å². The average Bonchev–Trinajstić information content (AvgIpc) is 3.85. The van der Waals surface area contributed by atoms with E-state index in [0.29, 0.717) is 0 Å². The summed E-state index contributed by atoms with van der Waals surface area (Å²) < 4.78 is 4.99. The highest BCUT2D eigenvalue weighted by Gasteiger charge is 2.33. The van der Waals surface area contributed by atoms with Gasteiger partial charge >= 0.3 is 0 Å². The molecule has 2 unspecified atom stereocenters. The third kappa shape index (κ3) is 5.56. The smallest absolute Gasteiger partial charge is 0.155 e. The molecule has 2 atom stereocenters. The molecule has 3 nitrogen and oxygen atoms in total. The van der Waals surface area contributed by atoms with Gasteiger partial charge in [0.05, 0.1) is 28.5 Å². The molecule has 0 amide bonds. The minimum absolute atomic E-state index is 0.0836. The van der Waals surface area contributed by atoms with Gasteiger partial charge in [0, 0.05) is 48.0 Å². The molecule has 0 saturated carbocycles. The van der Waals surface area contributed by atoms with E-state index < -0.39 is 0 Å². The van der Waals surface area contributed by atoms with E-state index in [1.165, 1.54) is 85.8 Å². The summed E-state index contributed by atoms with van der Waals surface area (Å²) in [5.41, 5.74) is 10.4. The Hall–Kier alpha value is -7.14. The Morgan fingerprint density at radius 1 is 0.500 bits per heavy atom. The van der Waals surface area contributed by atoms with E-state index in [-0.39, 0.29) is 12.0 Å². The van der Waals surface area contributed by atoms with Gasteiger partial charge in [-0.3, -0.25) is 4.99 Å². The molecule has 3 heterocycles. The summed E-state index contributed by atoms with van der Waals surface area (Å²) in [6.45, 7) is 2.28. The first kappa shape index (κ1) is 34.9. The fraction of sp³-hybridized carbons (Fsp3) is 0.0714. The summed E-state index contributed by atoms with van der Waals surface area (Å²) in [6.07, 6.45) is 0.903. The summed E-state index contributed by atoms with van der Waals surface area (Å²) in [4.78, 5) is 11.4. The van der Waals surface area contributed by atoms with Crippen molar-refractivity contribution in [3.63, 3.8) is 0 Å². The first-order valence-corrected chi connectivity index (χ1v) is 21.7. The quantitative estimate of drug-likeness (QED) is 0.161. The van der Waals surface area contributed by atoms with Gasteiger partial charge in [-0.2, -0.15) is 0 Å². The van der Waals surface area contributed by atoms with Crippen LogP contribution in [0.2, 0.25) is 0 Å². The van der Waals surface area contributed by atoms with Crippen LogP contribution in [0.3, 0.4) is 0 Å². The number of benzene rings is 9. The number of thiophene rings is 1. The van der Waals surface area contributed by atoms with Crippen LogP contribution in [0.25, 0.3) is 80.3 Å². The molecular formula is C56H39N3S. The molecule has 11 aromatic rings. The molecule has 4 heteroatoms. The topological polar surface area (TPSA) is 29.6 Å². The van der Waals surface area contributed by atoms with Gasteiger partial charge in [-0.15, -0.1) is 11.3 Å². The predicted octanol–water partition coefficient (Wildman–Crippen LogP) is 15.1. The van der Waals surface area contributed by atoms with Gasteiger partial charge in [-0.05, 0) is 81.1 Å². The molecule has 12 rings (SSSR count). The lowest BCUT2D eigenvalue weighted by Crippen LogP contribution is -2.28. The fourth-order valence-corrected chi connectivity index (χ4v) is 10.9. The lowest BCUT2D eigenvalue weighted by molar-refractivity contribution is 0.533. The Bertz CT molecular complexity index is 3530. The van der Waals surface area contributed by atoms with Crippen LogP contribution in [-0.4, -0.2) is 16.1 Å². The first-order chi connectivity index (χ1) is 29.7. The van der Waals surface area contributed by atoms with Crippen LogP contribution in [0.15, 0.2) is 204 Å². The number of rotatable bonds is 6. The molecule has 9 aromatic carbocycles. The van der Waals surface area contributed by atoms with Crippen LogP contribution < -0.4 is 0 Å². The summed E-state index contributed by atoms with van der Waals surface area (Å²) >= 11 is 1.85. The lowest BCUT2D eigenvalue weighted by Gasteiger charge is -2.30. The van der Waals surface area contributed by atoms with Crippen LogP contribution in [0.1, 0.15) is 36.1 Å². The molecular weight excluding hydrogens is 747 g/mol. The number of para-hydroxylation sites is 1. The number of aromatic nitrogens is 1. The molecule has 284 valence electrons. The zero-order valence-corrected chi connectivity index (χ0v) is 33.9. The maximum Gasteiger partial charge on any atom is 0.155 e. The van der Waals surface area contributed by atoms with Crippen molar-refractivity contribution in [2.45, 2.75) is 19.4 Å². The normalized spacial score (nSPS) is 15.7. The highest BCUT2D eigenvalue weighted by molar-refractivity contribution is 7.26. The average molecular weight is 786 g/mol. The number of aliphatic imine (C=N–C) groups is 2. The Kier molecular flexibility index (Phi) is 8.14. The van der Waals surface area contributed by atoms with Gasteiger partial charge in [-0.25, -0.2) is 4.99 Å². The number of fused-ring (bicyclic) bond motifs is 8. The molecule has 0 spiro atoms. The van der Waals surface area contributed by atoms with Gasteiger partial charge in [0.1, 0.15) is 0 Å². The number of hydrogen-bond acceptors (Lipinski definition) is 3. The molecule has 2 aromatic heterocycles. The first-order valence-electron chi connectivity index (χ1n) is 20.9. The molecule has 0 radical (unpaired) electrons. The van der Waals surface area contributed by atoms with Crippen molar-refractivity contribution in [2.24, 2.45) is 15.9 Å². The van der Waals surface area contributed by atoms with Crippen molar-refractivity contribution in [1.82, 2.24) is 4.57 Å². The number of amidine groups is 1. The Morgan fingerprint density at radius 2 is 1.17 bits per heavy atom. The van der Waals surface area contributed by atoms with Crippen molar-refractivity contribution in [1.29, 1.82) is 0 Å². The molecule has 0 aliphatic carbocycles. The predicted molar refractivity (Wildman–Crippen MR) is 257 cm³/mol. The van der Waals surface area contributed by atoms with Crippen LogP contribution >= 0.6 is 11.3 Å². The molecule has 1 aliphatic rings. The monoisotopic (exact) mass is 785 g/mol. The molecule has 0 bridgehead atoms. The van der Waals surface area contributed by atoms with Crippen LogP contribution in [0, 0.1) is 5.92 Å². The van der Waals surface area contributed by atoms with E-state index in [1.54, 1.807) is 0 Å². The summed E-state index contributed by atoms with van der Waals surface area (Å²) in [5.74, 6) is 0.854. The van der Waals surface area contributed by atoms with E-state index in [1.807, 2.05) is 11.3 Å². The molecule has 1 aliphatic heterocycles. The van der Waals surface area contributed by atoms with Gasteiger partial charge in [0.25, 0.3) is 0 Å². The van der Waals surface area contributed by atoms with Crippen molar-refractivity contribution >= 4 is 86.4 Å². The zero-order chi connectivity index (χ0) is 39.7. The molecule has 0 fully saturated rings.